The lowest BCUT2D eigenvalue weighted by Gasteiger charge is -2.27. The van der Waals surface area contributed by atoms with Crippen LogP contribution in [0.25, 0.3) is 0 Å². The molecule has 2 rings (SSSR count). The highest BCUT2D eigenvalue weighted by Gasteiger charge is 2.23. The summed E-state index contributed by atoms with van der Waals surface area (Å²) in [5, 5.41) is 3.44. The van der Waals surface area contributed by atoms with Gasteiger partial charge in [0.1, 0.15) is 0 Å². The zero-order valence-corrected chi connectivity index (χ0v) is 11.2. The van der Waals surface area contributed by atoms with E-state index in [0.29, 0.717) is 6.04 Å². The van der Waals surface area contributed by atoms with Crippen LogP contribution in [0.4, 0.5) is 0 Å². The van der Waals surface area contributed by atoms with Crippen molar-refractivity contribution in [3.63, 3.8) is 0 Å². The molecule has 0 bridgehead atoms. The van der Waals surface area contributed by atoms with Crippen molar-refractivity contribution < 1.29 is 0 Å². The standard InChI is InChI=1S/C15H24N2/c1-12-6-8-14(9-7-12)15(16-3)11-17-10-4-5-13(17)2/h6-9,13,15-16H,4-5,10-11H2,1-3H3. The summed E-state index contributed by atoms with van der Waals surface area (Å²) < 4.78 is 0. The first kappa shape index (κ1) is 12.6. The highest BCUT2D eigenvalue weighted by molar-refractivity contribution is 5.24. The minimum atomic E-state index is 0.455. The van der Waals surface area contributed by atoms with Crippen molar-refractivity contribution in [2.45, 2.75) is 38.8 Å². The van der Waals surface area contributed by atoms with E-state index in [1.165, 1.54) is 30.5 Å². The van der Waals surface area contributed by atoms with Crippen molar-refractivity contribution in [1.29, 1.82) is 0 Å². The summed E-state index contributed by atoms with van der Waals surface area (Å²) in [5.74, 6) is 0. The molecule has 0 radical (unpaired) electrons. The Morgan fingerprint density at radius 3 is 2.59 bits per heavy atom. The van der Waals surface area contributed by atoms with Crippen molar-refractivity contribution in [3.05, 3.63) is 35.4 Å². The van der Waals surface area contributed by atoms with Crippen LogP contribution in [0, 0.1) is 6.92 Å². The number of likely N-dealkylation sites (N-methyl/N-ethyl adjacent to an activating group) is 1. The Balaban J connectivity index is 2.03. The van der Waals surface area contributed by atoms with Gasteiger partial charge in [-0.3, -0.25) is 4.90 Å². The predicted molar refractivity (Wildman–Crippen MR) is 73.2 cm³/mol. The topological polar surface area (TPSA) is 15.3 Å². The maximum atomic E-state index is 3.44. The van der Waals surface area contributed by atoms with Gasteiger partial charge in [0.2, 0.25) is 0 Å². The molecule has 0 spiro atoms. The Morgan fingerprint density at radius 2 is 2.06 bits per heavy atom. The van der Waals surface area contributed by atoms with Crippen molar-refractivity contribution in [3.8, 4) is 0 Å². The second kappa shape index (κ2) is 5.65. The zero-order valence-electron chi connectivity index (χ0n) is 11.2. The summed E-state index contributed by atoms with van der Waals surface area (Å²) in [6.07, 6.45) is 2.70. The van der Waals surface area contributed by atoms with E-state index in [2.05, 4.69) is 55.4 Å². The Hall–Kier alpha value is -0.860. The van der Waals surface area contributed by atoms with Crippen LogP contribution in [0.15, 0.2) is 24.3 Å². The van der Waals surface area contributed by atoms with Crippen LogP contribution in [0.2, 0.25) is 0 Å². The highest BCUT2D eigenvalue weighted by Crippen LogP contribution is 2.21. The van der Waals surface area contributed by atoms with E-state index in [4.69, 9.17) is 0 Å². The third-order valence-electron chi connectivity index (χ3n) is 3.94. The molecule has 1 saturated heterocycles. The van der Waals surface area contributed by atoms with Gasteiger partial charge in [-0.1, -0.05) is 29.8 Å². The van der Waals surface area contributed by atoms with E-state index in [1.54, 1.807) is 0 Å². The summed E-state index contributed by atoms with van der Waals surface area (Å²) in [6.45, 7) is 6.86. The summed E-state index contributed by atoms with van der Waals surface area (Å²) >= 11 is 0. The lowest BCUT2D eigenvalue weighted by atomic mass is 10.0. The van der Waals surface area contributed by atoms with Crippen molar-refractivity contribution in [1.82, 2.24) is 10.2 Å². The third-order valence-corrected chi connectivity index (χ3v) is 3.94. The maximum absolute atomic E-state index is 3.44. The smallest absolute Gasteiger partial charge is 0.0446 e. The number of rotatable bonds is 4. The van der Waals surface area contributed by atoms with Crippen molar-refractivity contribution >= 4 is 0 Å². The molecule has 2 heteroatoms. The molecule has 1 aliphatic heterocycles. The third kappa shape index (κ3) is 3.08. The number of nitrogens with zero attached hydrogens (tertiary/aromatic N) is 1. The number of hydrogen-bond donors (Lipinski definition) is 1. The molecule has 1 aromatic rings. The zero-order chi connectivity index (χ0) is 12.3. The molecular formula is C15H24N2. The normalized spacial score (nSPS) is 22.9. The molecule has 2 atom stereocenters. The van der Waals surface area contributed by atoms with Crippen LogP contribution in [0.1, 0.15) is 36.9 Å². The van der Waals surface area contributed by atoms with Crippen LogP contribution in [-0.2, 0) is 0 Å². The first-order valence-corrected chi connectivity index (χ1v) is 6.68. The molecule has 0 amide bonds. The van der Waals surface area contributed by atoms with Gasteiger partial charge in [0.25, 0.3) is 0 Å². The van der Waals surface area contributed by atoms with Crippen LogP contribution in [0.5, 0.6) is 0 Å². The molecule has 17 heavy (non-hydrogen) atoms. The number of hydrogen-bond acceptors (Lipinski definition) is 2. The van der Waals surface area contributed by atoms with Crippen molar-refractivity contribution in [2.24, 2.45) is 0 Å². The molecule has 94 valence electrons. The molecule has 0 aromatic heterocycles. The molecule has 2 unspecified atom stereocenters. The summed E-state index contributed by atoms with van der Waals surface area (Å²) in [5.41, 5.74) is 2.73. The Labute approximate surface area is 105 Å². The van der Waals surface area contributed by atoms with Gasteiger partial charge in [-0.05, 0) is 45.8 Å². The molecule has 1 N–H and O–H groups in total. The van der Waals surface area contributed by atoms with Gasteiger partial charge in [0.05, 0.1) is 0 Å². The van der Waals surface area contributed by atoms with E-state index < -0.39 is 0 Å². The van der Waals surface area contributed by atoms with E-state index in [0.717, 1.165) is 12.6 Å². The lowest BCUT2D eigenvalue weighted by molar-refractivity contribution is 0.241. The predicted octanol–water partition coefficient (Wildman–Crippen LogP) is 2.74. The summed E-state index contributed by atoms with van der Waals surface area (Å²) in [6, 6.07) is 10.1. The fraction of sp³-hybridized carbons (Fsp3) is 0.600. The average Bonchev–Trinajstić information content (AvgIpc) is 2.73. The van der Waals surface area contributed by atoms with Gasteiger partial charge in [0, 0.05) is 18.6 Å². The first-order chi connectivity index (χ1) is 8.20. The van der Waals surface area contributed by atoms with Gasteiger partial charge in [0.15, 0.2) is 0 Å². The molecule has 0 aliphatic carbocycles. The Kier molecular flexibility index (Phi) is 4.19. The van der Waals surface area contributed by atoms with E-state index >= 15 is 0 Å². The lowest BCUT2D eigenvalue weighted by Crippen LogP contribution is -2.35. The molecule has 0 saturated carbocycles. The number of benzene rings is 1. The Bertz CT molecular complexity index is 344. The summed E-state index contributed by atoms with van der Waals surface area (Å²) in [4.78, 5) is 2.60. The fourth-order valence-corrected chi connectivity index (χ4v) is 2.66. The van der Waals surface area contributed by atoms with E-state index in [-0.39, 0.29) is 0 Å². The molecule has 1 heterocycles. The quantitative estimate of drug-likeness (QED) is 0.858. The van der Waals surface area contributed by atoms with Gasteiger partial charge in [-0.25, -0.2) is 0 Å². The molecular weight excluding hydrogens is 208 g/mol. The molecule has 1 aliphatic rings. The van der Waals surface area contributed by atoms with Crippen LogP contribution >= 0.6 is 0 Å². The van der Waals surface area contributed by atoms with Gasteiger partial charge >= 0.3 is 0 Å². The maximum Gasteiger partial charge on any atom is 0.0446 e. The summed E-state index contributed by atoms with van der Waals surface area (Å²) in [7, 11) is 2.06. The van der Waals surface area contributed by atoms with Crippen LogP contribution in [-0.4, -0.2) is 31.1 Å². The molecule has 1 aromatic carbocycles. The second-order valence-corrected chi connectivity index (χ2v) is 5.24. The molecule has 1 fully saturated rings. The van der Waals surface area contributed by atoms with Crippen molar-refractivity contribution in [2.75, 3.05) is 20.1 Å². The Morgan fingerprint density at radius 1 is 1.35 bits per heavy atom. The fourth-order valence-electron chi connectivity index (χ4n) is 2.66. The highest BCUT2D eigenvalue weighted by atomic mass is 15.2. The second-order valence-electron chi connectivity index (χ2n) is 5.24. The first-order valence-electron chi connectivity index (χ1n) is 6.68. The van der Waals surface area contributed by atoms with Crippen LogP contribution in [0.3, 0.4) is 0 Å². The van der Waals surface area contributed by atoms with Gasteiger partial charge in [-0.2, -0.15) is 0 Å². The van der Waals surface area contributed by atoms with Gasteiger partial charge < -0.3 is 5.32 Å². The monoisotopic (exact) mass is 232 g/mol. The molecule has 2 nitrogen and oxygen atoms in total. The minimum absolute atomic E-state index is 0.455. The number of likely N-dealkylation sites (tertiary alicyclic amines) is 1. The van der Waals surface area contributed by atoms with E-state index in [1.807, 2.05) is 0 Å². The minimum Gasteiger partial charge on any atom is -0.312 e. The number of nitrogens with one attached hydrogen (secondary N) is 1. The number of aryl methyl sites for hydroxylation is 1. The van der Waals surface area contributed by atoms with Crippen LogP contribution < -0.4 is 5.32 Å². The van der Waals surface area contributed by atoms with E-state index in [9.17, 15) is 0 Å². The SMILES string of the molecule is CNC(CN1CCCC1C)c1ccc(C)cc1. The largest absolute Gasteiger partial charge is 0.312 e. The average molecular weight is 232 g/mol. The van der Waals surface area contributed by atoms with Gasteiger partial charge in [-0.15, -0.1) is 0 Å².